The Morgan fingerprint density at radius 1 is 1.23 bits per heavy atom. The summed E-state index contributed by atoms with van der Waals surface area (Å²) in [5, 5.41) is 10.9. The number of aliphatic imine (C=N–C) groups is 1. The minimum atomic E-state index is 0.878. The summed E-state index contributed by atoms with van der Waals surface area (Å²) in [7, 11) is 0. The van der Waals surface area contributed by atoms with Gasteiger partial charge < -0.3 is 15.6 Å². The molecule has 3 aliphatic rings. The zero-order valence-electron chi connectivity index (χ0n) is 18.3. The van der Waals surface area contributed by atoms with Crippen LogP contribution in [0.25, 0.3) is 5.70 Å². The van der Waals surface area contributed by atoms with Crippen LogP contribution in [0.1, 0.15) is 49.8 Å². The van der Waals surface area contributed by atoms with Gasteiger partial charge in [-0.2, -0.15) is 0 Å². The molecule has 4 rings (SSSR count). The SMILES string of the molecule is C=C1C=C(c2ccc(C)c(C=N)c2)N=C2C=CC(C3=CCNCC3)=CN12.CCCC. The monoisotopic (exact) mass is 400 g/mol. The molecule has 0 spiro atoms. The van der Waals surface area contributed by atoms with E-state index < -0.39 is 0 Å². The largest absolute Gasteiger partial charge is 0.313 e. The lowest BCUT2D eigenvalue weighted by Gasteiger charge is -2.30. The maximum Gasteiger partial charge on any atom is 0.137 e. The van der Waals surface area contributed by atoms with Crippen molar-refractivity contribution >= 4 is 17.7 Å². The van der Waals surface area contributed by atoms with Gasteiger partial charge in [-0.15, -0.1) is 0 Å². The van der Waals surface area contributed by atoms with E-state index in [4.69, 9.17) is 10.4 Å². The predicted molar refractivity (Wildman–Crippen MR) is 129 cm³/mol. The van der Waals surface area contributed by atoms with E-state index in [0.717, 1.165) is 53.4 Å². The number of benzene rings is 1. The first-order chi connectivity index (χ1) is 14.6. The van der Waals surface area contributed by atoms with E-state index in [0.29, 0.717) is 0 Å². The van der Waals surface area contributed by atoms with E-state index >= 15 is 0 Å². The first-order valence-electron chi connectivity index (χ1n) is 10.8. The van der Waals surface area contributed by atoms with Crippen molar-refractivity contribution in [1.82, 2.24) is 10.2 Å². The van der Waals surface area contributed by atoms with Crippen LogP contribution < -0.4 is 5.32 Å². The van der Waals surface area contributed by atoms with E-state index in [-0.39, 0.29) is 0 Å². The van der Waals surface area contributed by atoms with Gasteiger partial charge in [-0.25, -0.2) is 4.99 Å². The summed E-state index contributed by atoms with van der Waals surface area (Å²) in [5.74, 6) is 0.878. The number of nitrogens with one attached hydrogen (secondary N) is 2. The van der Waals surface area contributed by atoms with Crippen molar-refractivity contribution in [2.45, 2.75) is 40.0 Å². The second-order valence-corrected chi connectivity index (χ2v) is 7.68. The van der Waals surface area contributed by atoms with Crippen molar-refractivity contribution in [2.24, 2.45) is 4.99 Å². The first kappa shape index (κ1) is 21.7. The van der Waals surface area contributed by atoms with Crippen molar-refractivity contribution in [2.75, 3.05) is 13.1 Å². The third-order valence-electron chi connectivity index (χ3n) is 5.44. The second-order valence-electron chi connectivity index (χ2n) is 7.68. The number of hydrogen-bond donors (Lipinski definition) is 2. The molecule has 0 bridgehead atoms. The number of unbranched alkanes of at least 4 members (excludes halogenated alkanes) is 1. The van der Waals surface area contributed by atoms with Crippen LogP contribution in [0.5, 0.6) is 0 Å². The molecule has 1 aromatic carbocycles. The average Bonchev–Trinajstić information content (AvgIpc) is 2.80. The molecule has 0 atom stereocenters. The van der Waals surface area contributed by atoms with Crippen molar-refractivity contribution in [3.63, 3.8) is 0 Å². The molecule has 0 unspecified atom stereocenters. The fourth-order valence-corrected chi connectivity index (χ4v) is 3.37. The second kappa shape index (κ2) is 10.2. The van der Waals surface area contributed by atoms with Crippen LogP contribution >= 0.6 is 0 Å². The minimum Gasteiger partial charge on any atom is -0.313 e. The molecule has 0 saturated carbocycles. The van der Waals surface area contributed by atoms with Crippen LogP contribution in [0.2, 0.25) is 0 Å². The van der Waals surface area contributed by atoms with Gasteiger partial charge in [0.15, 0.2) is 0 Å². The number of fused-ring (bicyclic) bond motifs is 1. The Morgan fingerprint density at radius 2 is 2.03 bits per heavy atom. The highest BCUT2D eigenvalue weighted by Gasteiger charge is 2.21. The first-order valence-corrected chi connectivity index (χ1v) is 10.8. The molecular weight excluding hydrogens is 368 g/mol. The molecular formula is C26H32N4. The Bertz CT molecular complexity index is 971. The smallest absolute Gasteiger partial charge is 0.137 e. The molecule has 30 heavy (non-hydrogen) atoms. The number of allylic oxidation sites excluding steroid dienone is 3. The molecule has 3 aliphatic heterocycles. The van der Waals surface area contributed by atoms with Gasteiger partial charge in [0.2, 0.25) is 0 Å². The number of hydrogen-bond acceptors (Lipinski definition) is 4. The van der Waals surface area contributed by atoms with E-state index in [9.17, 15) is 0 Å². The summed E-state index contributed by atoms with van der Waals surface area (Å²) in [6, 6.07) is 6.09. The Balaban J connectivity index is 0.000000589. The number of rotatable bonds is 4. The van der Waals surface area contributed by atoms with E-state index in [1.165, 1.54) is 30.2 Å². The van der Waals surface area contributed by atoms with E-state index in [1.54, 1.807) is 0 Å². The molecule has 0 aliphatic carbocycles. The number of aryl methyl sites for hydroxylation is 1. The fourth-order valence-electron chi connectivity index (χ4n) is 3.37. The highest BCUT2D eigenvalue weighted by Crippen LogP contribution is 2.30. The van der Waals surface area contributed by atoms with Crippen LogP contribution in [0.4, 0.5) is 0 Å². The van der Waals surface area contributed by atoms with E-state index in [2.05, 4.69) is 56.2 Å². The maximum absolute atomic E-state index is 7.57. The Labute approximate surface area is 180 Å². The summed E-state index contributed by atoms with van der Waals surface area (Å²) in [5.41, 5.74) is 7.39. The Morgan fingerprint density at radius 3 is 2.70 bits per heavy atom. The van der Waals surface area contributed by atoms with Crippen molar-refractivity contribution in [1.29, 1.82) is 5.41 Å². The summed E-state index contributed by atoms with van der Waals surface area (Å²) in [6.45, 7) is 12.5. The van der Waals surface area contributed by atoms with Gasteiger partial charge in [-0.3, -0.25) is 0 Å². The van der Waals surface area contributed by atoms with Crippen molar-refractivity contribution in [3.8, 4) is 0 Å². The van der Waals surface area contributed by atoms with Crippen molar-refractivity contribution in [3.05, 3.63) is 88.8 Å². The number of amidine groups is 1. The molecule has 4 nitrogen and oxygen atoms in total. The molecule has 1 aromatic rings. The zero-order chi connectivity index (χ0) is 21.5. The van der Waals surface area contributed by atoms with Gasteiger partial charge in [0.05, 0.1) is 5.70 Å². The molecule has 0 amide bonds. The predicted octanol–water partition coefficient (Wildman–Crippen LogP) is 5.74. The van der Waals surface area contributed by atoms with Crippen LogP contribution in [0, 0.1) is 12.3 Å². The van der Waals surface area contributed by atoms with Gasteiger partial charge in [-0.1, -0.05) is 51.5 Å². The minimum absolute atomic E-state index is 0.878. The molecule has 0 radical (unpaired) electrons. The quantitative estimate of drug-likeness (QED) is 0.633. The molecule has 156 valence electrons. The van der Waals surface area contributed by atoms with Crippen LogP contribution in [0.3, 0.4) is 0 Å². The van der Waals surface area contributed by atoms with Gasteiger partial charge >= 0.3 is 0 Å². The van der Waals surface area contributed by atoms with Gasteiger partial charge in [0, 0.05) is 30.2 Å². The van der Waals surface area contributed by atoms with Crippen LogP contribution in [-0.4, -0.2) is 30.0 Å². The molecule has 0 fully saturated rings. The van der Waals surface area contributed by atoms with Crippen molar-refractivity contribution < 1.29 is 0 Å². The van der Waals surface area contributed by atoms with Gasteiger partial charge in [0.1, 0.15) is 5.84 Å². The Kier molecular flexibility index (Phi) is 7.36. The summed E-state index contributed by atoms with van der Waals surface area (Å²) in [4.78, 5) is 6.86. The molecule has 3 heterocycles. The summed E-state index contributed by atoms with van der Waals surface area (Å²) >= 11 is 0. The third kappa shape index (κ3) is 4.95. The van der Waals surface area contributed by atoms with Crippen LogP contribution in [0.15, 0.2) is 77.1 Å². The molecule has 2 N–H and O–H groups in total. The third-order valence-corrected chi connectivity index (χ3v) is 5.44. The average molecular weight is 401 g/mol. The lowest BCUT2D eigenvalue weighted by Crippen LogP contribution is -2.28. The maximum atomic E-state index is 7.57. The topological polar surface area (TPSA) is 51.5 Å². The van der Waals surface area contributed by atoms with Gasteiger partial charge in [0.25, 0.3) is 0 Å². The van der Waals surface area contributed by atoms with Gasteiger partial charge in [-0.05, 0) is 66.5 Å². The zero-order valence-corrected chi connectivity index (χ0v) is 18.3. The van der Waals surface area contributed by atoms with Crippen LogP contribution in [-0.2, 0) is 0 Å². The number of nitrogens with zero attached hydrogens (tertiary/aromatic N) is 2. The standard InChI is InChI=1S/C22H22N4.C4H10/c1-15-3-4-18(12-20(15)13-23)21-11-16(2)26-14-19(5-6-22(26)25-21)17-7-9-24-10-8-17;1-3-4-2/h3-7,11-14,23-24H,2,8-10H2,1H3;3-4H2,1-2H3. The lowest BCUT2D eigenvalue weighted by molar-refractivity contribution is 0.685. The lowest BCUT2D eigenvalue weighted by atomic mass is 9.98. The highest BCUT2D eigenvalue weighted by molar-refractivity contribution is 6.02. The molecule has 4 heteroatoms. The highest BCUT2D eigenvalue weighted by atomic mass is 15.2. The Hall–Kier alpha value is -2.98. The van der Waals surface area contributed by atoms with E-state index in [1.807, 2.05) is 30.0 Å². The fraction of sp³-hybridized carbons (Fsp3) is 0.308. The summed E-state index contributed by atoms with van der Waals surface area (Å²) in [6.07, 6.45) is 15.7. The molecule has 0 aromatic heterocycles. The normalized spacial score (nSPS) is 17.7. The summed E-state index contributed by atoms with van der Waals surface area (Å²) < 4.78 is 0. The molecule has 0 saturated heterocycles.